The second-order valence-electron chi connectivity index (χ2n) is 3.09. The van der Waals surface area contributed by atoms with Crippen molar-refractivity contribution in [2.45, 2.75) is 12.5 Å². The minimum Gasteiger partial charge on any atom is -0.373 e. The summed E-state index contributed by atoms with van der Waals surface area (Å²) in [5.41, 5.74) is 2.93. The van der Waals surface area contributed by atoms with Gasteiger partial charge in [-0.15, -0.1) is 0 Å². The van der Waals surface area contributed by atoms with Crippen molar-refractivity contribution in [3.63, 3.8) is 0 Å². The van der Waals surface area contributed by atoms with Gasteiger partial charge in [0, 0.05) is 0 Å². The zero-order valence-corrected chi connectivity index (χ0v) is 7.29. The summed E-state index contributed by atoms with van der Waals surface area (Å²) in [6.45, 7) is 4.55. The average molecular weight is 172 g/mol. The third kappa shape index (κ3) is 1.32. The fraction of sp³-hybridized carbons (Fsp3) is 0.273. The first-order valence-electron chi connectivity index (χ1n) is 4.29. The largest absolute Gasteiger partial charge is 0.373 e. The molecule has 0 saturated carbocycles. The van der Waals surface area contributed by atoms with E-state index in [-0.39, 0.29) is 6.10 Å². The van der Waals surface area contributed by atoms with E-state index in [1.54, 1.807) is 0 Å². The van der Waals surface area contributed by atoms with E-state index in [0.29, 0.717) is 6.61 Å². The number of fused-ring (bicyclic) bond motifs is 1. The standard InChI is InChI=1S/C11H10NO/c1-8-10-4-2-3-9(7-12)11(10)5-6-13-8/h2-4,8H,1,5-6H2. The highest BCUT2D eigenvalue weighted by Crippen LogP contribution is 2.28. The molecule has 13 heavy (non-hydrogen) atoms. The lowest BCUT2D eigenvalue weighted by Gasteiger charge is -2.23. The first-order chi connectivity index (χ1) is 6.33. The summed E-state index contributed by atoms with van der Waals surface area (Å²) in [5.74, 6) is 0. The van der Waals surface area contributed by atoms with Crippen LogP contribution in [0.3, 0.4) is 0 Å². The zero-order chi connectivity index (χ0) is 9.26. The van der Waals surface area contributed by atoms with Crippen molar-refractivity contribution in [2.75, 3.05) is 6.61 Å². The van der Waals surface area contributed by atoms with Crippen LogP contribution in [0.15, 0.2) is 18.2 Å². The quantitative estimate of drug-likeness (QED) is 0.599. The van der Waals surface area contributed by atoms with E-state index < -0.39 is 0 Å². The Morgan fingerprint density at radius 2 is 2.38 bits per heavy atom. The van der Waals surface area contributed by atoms with Crippen LogP contribution in [0.25, 0.3) is 0 Å². The van der Waals surface area contributed by atoms with Gasteiger partial charge in [-0.2, -0.15) is 5.26 Å². The topological polar surface area (TPSA) is 33.0 Å². The molecule has 1 aromatic rings. The highest BCUT2D eigenvalue weighted by atomic mass is 16.5. The lowest BCUT2D eigenvalue weighted by atomic mass is 9.94. The molecule has 65 valence electrons. The van der Waals surface area contributed by atoms with Gasteiger partial charge in [0.15, 0.2) is 0 Å². The molecule has 1 radical (unpaired) electrons. The lowest BCUT2D eigenvalue weighted by molar-refractivity contribution is 0.0730. The van der Waals surface area contributed by atoms with E-state index in [4.69, 9.17) is 10.00 Å². The van der Waals surface area contributed by atoms with E-state index in [9.17, 15) is 0 Å². The van der Waals surface area contributed by atoms with Crippen molar-refractivity contribution in [3.05, 3.63) is 41.8 Å². The molecule has 1 atom stereocenters. The Labute approximate surface area is 77.8 Å². The summed E-state index contributed by atoms with van der Waals surface area (Å²) in [6.07, 6.45) is 0.711. The molecule has 0 aliphatic carbocycles. The lowest BCUT2D eigenvalue weighted by Crippen LogP contribution is -2.15. The van der Waals surface area contributed by atoms with E-state index in [1.165, 1.54) is 0 Å². The summed E-state index contributed by atoms with van der Waals surface area (Å²) < 4.78 is 5.38. The Bertz CT molecular complexity index is 365. The molecular weight excluding hydrogens is 162 g/mol. The van der Waals surface area contributed by atoms with Crippen LogP contribution < -0.4 is 0 Å². The molecule has 1 unspecified atom stereocenters. The molecule has 1 aromatic carbocycles. The van der Waals surface area contributed by atoms with Crippen molar-refractivity contribution in [1.82, 2.24) is 0 Å². The molecule has 2 rings (SSSR count). The van der Waals surface area contributed by atoms with Crippen LogP contribution >= 0.6 is 0 Å². The van der Waals surface area contributed by atoms with E-state index >= 15 is 0 Å². The number of rotatable bonds is 0. The number of nitrogens with zero attached hydrogens (tertiary/aromatic N) is 1. The summed E-state index contributed by atoms with van der Waals surface area (Å²) in [4.78, 5) is 0. The fourth-order valence-electron chi connectivity index (χ4n) is 1.68. The van der Waals surface area contributed by atoms with Gasteiger partial charge in [-0.3, -0.25) is 0 Å². The number of ether oxygens (including phenoxy) is 1. The van der Waals surface area contributed by atoms with Gasteiger partial charge in [-0.05, 0) is 30.5 Å². The molecule has 2 heteroatoms. The van der Waals surface area contributed by atoms with Gasteiger partial charge < -0.3 is 4.74 Å². The second-order valence-corrected chi connectivity index (χ2v) is 3.09. The van der Waals surface area contributed by atoms with Gasteiger partial charge in [-0.25, -0.2) is 0 Å². The van der Waals surface area contributed by atoms with Crippen LogP contribution in [0.4, 0.5) is 0 Å². The molecule has 1 aliphatic rings. The number of hydrogen-bond acceptors (Lipinski definition) is 2. The van der Waals surface area contributed by atoms with Gasteiger partial charge in [0.2, 0.25) is 0 Å². The van der Waals surface area contributed by atoms with Gasteiger partial charge in [0.05, 0.1) is 24.3 Å². The molecule has 0 amide bonds. The fourth-order valence-corrected chi connectivity index (χ4v) is 1.68. The number of nitriles is 1. The summed E-state index contributed by atoms with van der Waals surface area (Å²) >= 11 is 0. The molecule has 2 nitrogen and oxygen atoms in total. The molecule has 0 bridgehead atoms. The smallest absolute Gasteiger partial charge is 0.0994 e. The molecular formula is C11H10NO. The highest BCUT2D eigenvalue weighted by molar-refractivity contribution is 5.45. The Balaban J connectivity index is 2.56. The van der Waals surface area contributed by atoms with Crippen LogP contribution in [0.5, 0.6) is 0 Å². The average Bonchev–Trinajstić information content (AvgIpc) is 2.18. The SMILES string of the molecule is [CH2]C1OCCc2c(C#N)cccc21. The van der Waals surface area contributed by atoms with Crippen molar-refractivity contribution in [2.24, 2.45) is 0 Å². The third-order valence-corrected chi connectivity index (χ3v) is 2.35. The Hall–Kier alpha value is -1.33. The summed E-state index contributed by atoms with van der Waals surface area (Å²) in [7, 11) is 0. The molecule has 0 aromatic heterocycles. The van der Waals surface area contributed by atoms with Crippen molar-refractivity contribution in [3.8, 4) is 6.07 Å². The van der Waals surface area contributed by atoms with Crippen LogP contribution in [-0.2, 0) is 11.2 Å². The Morgan fingerprint density at radius 3 is 3.15 bits per heavy atom. The van der Waals surface area contributed by atoms with Crippen molar-refractivity contribution < 1.29 is 4.74 Å². The maximum Gasteiger partial charge on any atom is 0.0994 e. The van der Waals surface area contributed by atoms with Crippen LogP contribution in [-0.4, -0.2) is 6.61 Å². The van der Waals surface area contributed by atoms with Gasteiger partial charge in [0.1, 0.15) is 0 Å². The molecule has 0 N–H and O–H groups in total. The van der Waals surface area contributed by atoms with Crippen LogP contribution in [0.2, 0.25) is 0 Å². The van der Waals surface area contributed by atoms with Gasteiger partial charge in [0.25, 0.3) is 0 Å². The van der Waals surface area contributed by atoms with Crippen LogP contribution in [0.1, 0.15) is 22.8 Å². The molecule has 0 fully saturated rings. The summed E-state index contributed by atoms with van der Waals surface area (Å²) in [6, 6.07) is 7.89. The van der Waals surface area contributed by atoms with Gasteiger partial charge in [-0.1, -0.05) is 12.1 Å². The normalized spacial score (nSPS) is 20.5. The first-order valence-corrected chi connectivity index (χ1v) is 4.29. The number of benzene rings is 1. The molecule has 1 heterocycles. The van der Waals surface area contributed by atoms with Gasteiger partial charge >= 0.3 is 0 Å². The van der Waals surface area contributed by atoms with E-state index in [1.807, 2.05) is 18.2 Å². The maximum absolute atomic E-state index is 8.87. The zero-order valence-electron chi connectivity index (χ0n) is 7.29. The van der Waals surface area contributed by atoms with Crippen molar-refractivity contribution >= 4 is 0 Å². The molecule has 0 saturated heterocycles. The second kappa shape index (κ2) is 3.20. The third-order valence-electron chi connectivity index (χ3n) is 2.35. The number of hydrogen-bond donors (Lipinski definition) is 0. The molecule has 1 aliphatic heterocycles. The summed E-state index contributed by atoms with van der Waals surface area (Å²) in [5, 5.41) is 8.87. The Kier molecular flexibility index (Phi) is 2.03. The van der Waals surface area contributed by atoms with E-state index in [2.05, 4.69) is 13.0 Å². The first kappa shape index (κ1) is 8.28. The predicted octanol–water partition coefficient (Wildman–Crippen LogP) is 2.01. The Morgan fingerprint density at radius 1 is 1.54 bits per heavy atom. The molecule has 0 spiro atoms. The highest BCUT2D eigenvalue weighted by Gasteiger charge is 2.18. The van der Waals surface area contributed by atoms with Crippen molar-refractivity contribution in [1.29, 1.82) is 5.26 Å². The van der Waals surface area contributed by atoms with E-state index in [0.717, 1.165) is 23.1 Å². The monoisotopic (exact) mass is 172 g/mol. The minimum absolute atomic E-state index is 0.114. The minimum atomic E-state index is -0.114. The van der Waals surface area contributed by atoms with Crippen LogP contribution in [0, 0.1) is 18.3 Å². The maximum atomic E-state index is 8.87. The predicted molar refractivity (Wildman–Crippen MR) is 48.9 cm³/mol.